The number of benzene rings is 2. The van der Waals surface area contributed by atoms with Crippen molar-refractivity contribution in [2.45, 2.75) is 51.7 Å². The molecule has 2 atom stereocenters. The predicted octanol–water partition coefficient (Wildman–Crippen LogP) is 2.28. The lowest BCUT2D eigenvalue weighted by atomic mass is 10.1. The van der Waals surface area contributed by atoms with Crippen LogP contribution in [0.5, 0.6) is 5.75 Å². The standard InChI is InChI=1S/C32H38N6O5/c1-22(2)27-21-43-28-11-7-6-10-25(28)31(41)37-26(32(42)35-15-14-24-18-33-16-17-34-24)12-13-30(40)38(20-29(39)36-27)19-23-8-4-3-5-9-23/h3-11,16-18,22,26-27H,12-15,19-21H2,1-2H3,(H,35,42)(H,36,39)(H,37,41)/t26-,27+/m0/s1. The maximum atomic E-state index is 13.5. The molecule has 4 rings (SSSR count). The van der Waals surface area contributed by atoms with Gasteiger partial charge in [-0.25, -0.2) is 0 Å². The zero-order valence-electron chi connectivity index (χ0n) is 24.5. The van der Waals surface area contributed by atoms with Crippen molar-refractivity contribution in [3.8, 4) is 5.75 Å². The van der Waals surface area contributed by atoms with E-state index in [1.807, 2.05) is 44.2 Å². The van der Waals surface area contributed by atoms with Gasteiger partial charge in [-0.3, -0.25) is 29.1 Å². The molecule has 0 saturated carbocycles. The summed E-state index contributed by atoms with van der Waals surface area (Å²) in [5.41, 5.74) is 1.83. The topological polar surface area (TPSA) is 143 Å². The third-order valence-electron chi connectivity index (χ3n) is 7.17. The lowest BCUT2D eigenvalue weighted by Crippen LogP contribution is -2.48. The molecule has 0 radical (unpaired) electrons. The number of nitrogens with zero attached hydrogens (tertiary/aromatic N) is 3. The van der Waals surface area contributed by atoms with Gasteiger partial charge in [-0.2, -0.15) is 0 Å². The summed E-state index contributed by atoms with van der Waals surface area (Å²) in [5, 5.41) is 8.64. The Labute approximate surface area is 251 Å². The lowest BCUT2D eigenvalue weighted by Gasteiger charge is -2.26. The summed E-state index contributed by atoms with van der Waals surface area (Å²) >= 11 is 0. The van der Waals surface area contributed by atoms with E-state index in [1.54, 1.807) is 42.9 Å². The van der Waals surface area contributed by atoms with Gasteiger partial charge in [-0.05, 0) is 30.0 Å². The first-order chi connectivity index (χ1) is 20.8. The number of rotatable bonds is 7. The fourth-order valence-corrected chi connectivity index (χ4v) is 4.65. The van der Waals surface area contributed by atoms with Gasteiger partial charge < -0.3 is 25.6 Å². The minimum atomic E-state index is -1.01. The first-order valence-electron chi connectivity index (χ1n) is 14.5. The second kappa shape index (κ2) is 15.4. The van der Waals surface area contributed by atoms with Gasteiger partial charge in [0, 0.05) is 44.5 Å². The third-order valence-corrected chi connectivity index (χ3v) is 7.17. The van der Waals surface area contributed by atoms with E-state index in [1.165, 1.54) is 4.90 Å². The Bertz CT molecular complexity index is 1390. The SMILES string of the molecule is CC(C)[C@H]1COc2ccccc2C(=O)N[C@H](C(=O)NCCc2cnccn2)CCC(=O)N(Cc2ccccc2)CC(=O)N1. The van der Waals surface area contributed by atoms with Gasteiger partial charge in [0.05, 0.1) is 23.8 Å². The normalized spacial score (nSPS) is 18.4. The highest BCUT2D eigenvalue weighted by atomic mass is 16.5. The monoisotopic (exact) mass is 586 g/mol. The first-order valence-corrected chi connectivity index (χ1v) is 14.5. The molecule has 1 aromatic heterocycles. The molecule has 0 unspecified atom stereocenters. The Morgan fingerprint density at radius 2 is 1.81 bits per heavy atom. The van der Waals surface area contributed by atoms with Crippen molar-refractivity contribution in [1.29, 1.82) is 0 Å². The van der Waals surface area contributed by atoms with Crippen LogP contribution in [0.2, 0.25) is 0 Å². The molecule has 2 aromatic carbocycles. The molecule has 0 spiro atoms. The van der Waals surface area contributed by atoms with E-state index < -0.39 is 17.9 Å². The van der Waals surface area contributed by atoms with E-state index in [0.29, 0.717) is 17.9 Å². The first kappa shape index (κ1) is 31.1. The second-order valence-corrected chi connectivity index (χ2v) is 10.8. The van der Waals surface area contributed by atoms with Gasteiger partial charge in [0.2, 0.25) is 17.7 Å². The van der Waals surface area contributed by atoms with Gasteiger partial charge in [0.25, 0.3) is 5.91 Å². The molecule has 0 aliphatic carbocycles. The number of hydrogen-bond donors (Lipinski definition) is 3. The Morgan fingerprint density at radius 3 is 2.56 bits per heavy atom. The highest BCUT2D eigenvalue weighted by Gasteiger charge is 2.27. The smallest absolute Gasteiger partial charge is 0.255 e. The fourth-order valence-electron chi connectivity index (χ4n) is 4.65. The van der Waals surface area contributed by atoms with Crippen molar-refractivity contribution in [1.82, 2.24) is 30.8 Å². The summed E-state index contributed by atoms with van der Waals surface area (Å²) in [6.07, 6.45) is 5.19. The number of fused-ring (bicyclic) bond motifs is 1. The molecule has 226 valence electrons. The van der Waals surface area contributed by atoms with Crippen LogP contribution in [0.3, 0.4) is 0 Å². The molecule has 11 heteroatoms. The molecule has 4 amide bonds. The van der Waals surface area contributed by atoms with E-state index >= 15 is 0 Å². The second-order valence-electron chi connectivity index (χ2n) is 10.8. The predicted molar refractivity (Wildman–Crippen MR) is 160 cm³/mol. The summed E-state index contributed by atoms with van der Waals surface area (Å²) in [7, 11) is 0. The van der Waals surface area contributed by atoms with Crippen LogP contribution in [0.1, 0.15) is 48.3 Å². The summed E-state index contributed by atoms with van der Waals surface area (Å²) in [6.45, 7) is 4.38. The van der Waals surface area contributed by atoms with Gasteiger partial charge in [-0.1, -0.05) is 56.3 Å². The minimum Gasteiger partial charge on any atom is -0.491 e. The maximum absolute atomic E-state index is 13.5. The van der Waals surface area contributed by atoms with Gasteiger partial charge >= 0.3 is 0 Å². The molecule has 3 aromatic rings. The number of hydrogen-bond acceptors (Lipinski definition) is 7. The molecule has 0 fully saturated rings. The Morgan fingerprint density at radius 1 is 1.05 bits per heavy atom. The Hall–Kier alpha value is -4.80. The van der Waals surface area contributed by atoms with E-state index in [4.69, 9.17) is 4.74 Å². The van der Waals surface area contributed by atoms with Crippen molar-refractivity contribution in [2.24, 2.45) is 5.92 Å². The molecule has 43 heavy (non-hydrogen) atoms. The highest BCUT2D eigenvalue weighted by Crippen LogP contribution is 2.20. The fraction of sp³-hybridized carbons (Fsp3) is 0.375. The average molecular weight is 587 g/mol. The quantitative estimate of drug-likeness (QED) is 0.386. The highest BCUT2D eigenvalue weighted by molar-refractivity contribution is 5.99. The molecule has 2 heterocycles. The van der Waals surface area contributed by atoms with Gasteiger partial charge in [-0.15, -0.1) is 0 Å². The van der Waals surface area contributed by atoms with Crippen LogP contribution in [-0.2, 0) is 27.3 Å². The maximum Gasteiger partial charge on any atom is 0.255 e. The van der Waals surface area contributed by atoms with Crippen molar-refractivity contribution in [3.05, 3.63) is 90.0 Å². The lowest BCUT2D eigenvalue weighted by molar-refractivity contribution is -0.137. The zero-order chi connectivity index (χ0) is 30.6. The van der Waals surface area contributed by atoms with Gasteiger partial charge in [0.1, 0.15) is 18.4 Å². The largest absolute Gasteiger partial charge is 0.491 e. The number of carbonyl (C=O) groups is 4. The van der Waals surface area contributed by atoms with E-state index in [0.717, 1.165) is 5.56 Å². The average Bonchev–Trinajstić information content (AvgIpc) is 3.01. The summed E-state index contributed by atoms with van der Waals surface area (Å²) in [6, 6.07) is 14.8. The minimum absolute atomic E-state index is 0.0221. The van der Waals surface area contributed by atoms with Crippen molar-refractivity contribution < 1.29 is 23.9 Å². The van der Waals surface area contributed by atoms with Crippen LogP contribution in [0.4, 0.5) is 0 Å². The van der Waals surface area contributed by atoms with Crippen LogP contribution in [0, 0.1) is 5.92 Å². The summed E-state index contributed by atoms with van der Waals surface area (Å²) in [4.78, 5) is 63.2. The number of carbonyl (C=O) groups excluding carboxylic acids is 4. The Kier molecular flexibility index (Phi) is 11.2. The van der Waals surface area contributed by atoms with Crippen LogP contribution in [0.15, 0.2) is 73.2 Å². The zero-order valence-corrected chi connectivity index (χ0v) is 24.5. The number of ether oxygens (including phenoxy) is 1. The molecule has 0 saturated heterocycles. The van der Waals surface area contributed by atoms with Crippen molar-refractivity contribution in [2.75, 3.05) is 19.7 Å². The van der Waals surface area contributed by atoms with Crippen LogP contribution < -0.4 is 20.7 Å². The number of nitrogens with one attached hydrogen (secondary N) is 3. The van der Waals surface area contributed by atoms with E-state index in [2.05, 4.69) is 25.9 Å². The van der Waals surface area contributed by atoms with Gasteiger partial charge in [0.15, 0.2) is 0 Å². The number of amides is 4. The summed E-state index contributed by atoms with van der Waals surface area (Å²) < 4.78 is 6.04. The summed E-state index contributed by atoms with van der Waals surface area (Å²) in [5.74, 6) is -1.20. The van der Waals surface area contributed by atoms with Crippen molar-refractivity contribution in [3.63, 3.8) is 0 Å². The van der Waals surface area contributed by atoms with E-state index in [9.17, 15) is 19.2 Å². The molecule has 3 N–H and O–H groups in total. The third kappa shape index (κ3) is 9.35. The van der Waals surface area contributed by atoms with Crippen LogP contribution in [0.25, 0.3) is 0 Å². The molecule has 11 nitrogen and oxygen atoms in total. The van der Waals surface area contributed by atoms with E-state index in [-0.39, 0.29) is 68.4 Å². The molecule has 1 aliphatic rings. The molecular formula is C32H38N6O5. The molecule has 0 bridgehead atoms. The number of aromatic nitrogens is 2. The Balaban J connectivity index is 1.58. The van der Waals surface area contributed by atoms with Crippen LogP contribution in [-0.4, -0.2) is 70.3 Å². The number of para-hydroxylation sites is 1. The van der Waals surface area contributed by atoms with Crippen molar-refractivity contribution >= 4 is 23.6 Å². The van der Waals surface area contributed by atoms with Crippen LogP contribution >= 0.6 is 0 Å². The molecule has 1 aliphatic heterocycles. The molecular weight excluding hydrogens is 548 g/mol.